The van der Waals surface area contributed by atoms with Crippen LogP contribution in [-0.4, -0.2) is 21.8 Å². The van der Waals surface area contributed by atoms with Crippen LogP contribution in [0, 0.1) is 0 Å². The molecule has 0 radical (unpaired) electrons. The Bertz CT molecular complexity index is 418. The summed E-state index contributed by atoms with van der Waals surface area (Å²) >= 11 is 5.51. The molecule has 0 saturated heterocycles. The van der Waals surface area contributed by atoms with Gasteiger partial charge in [-0.25, -0.2) is 9.78 Å². The van der Waals surface area contributed by atoms with Gasteiger partial charge in [0.1, 0.15) is 3.79 Å². The summed E-state index contributed by atoms with van der Waals surface area (Å²) in [6.45, 7) is 0. The van der Waals surface area contributed by atoms with Crippen molar-refractivity contribution in [3.63, 3.8) is 0 Å². The highest BCUT2D eigenvalue weighted by atomic mass is 79.9. The van der Waals surface area contributed by atoms with Gasteiger partial charge < -0.3 is 5.11 Å². The summed E-state index contributed by atoms with van der Waals surface area (Å²) in [5.74, 6) is -0.666. The van der Waals surface area contributed by atoms with E-state index in [0.717, 1.165) is 6.08 Å². The Labute approximate surface area is 107 Å². The number of carbonyl (C=O) groups is 1. The molecule has 0 aromatic carbocycles. The highest BCUT2D eigenvalue weighted by molar-refractivity contribution is 9.11. The van der Waals surface area contributed by atoms with Gasteiger partial charge in [0.2, 0.25) is 0 Å². The number of thioether (sulfide) groups is 1. The van der Waals surface area contributed by atoms with Gasteiger partial charge in [-0.15, -0.1) is 0 Å². The minimum atomic E-state index is -1.70. The average Bonchev–Trinajstić information content (AvgIpc) is 2.54. The lowest BCUT2D eigenvalue weighted by Gasteiger charge is -1.91. The Hall–Kier alpha value is -0.470. The number of thiazole rings is 1. The van der Waals surface area contributed by atoms with E-state index in [0.29, 0.717) is 13.9 Å². The first kappa shape index (κ1) is 13.6. The fourth-order valence-corrected chi connectivity index (χ4v) is 3.65. The second kappa shape index (κ2) is 6.31. The molecule has 0 spiro atoms. The molecule has 1 N–H and O–H groups in total. The molecule has 3 nitrogen and oxygen atoms in total. The molecule has 16 heavy (non-hydrogen) atoms. The zero-order valence-corrected chi connectivity index (χ0v) is 11.0. The van der Waals surface area contributed by atoms with Crippen molar-refractivity contribution in [2.45, 2.75) is 10.8 Å². The molecule has 0 aliphatic carbocycles. The van der Waals surface area contributed by atoms with Gasteiger partial charge in [0.15, 0.2) is 10.0 Å². The predicted molar refractivity (Wildman–Crippen MR) is 62.4 cm³/mol. The molecule has 88 valence electrons. The Morgan fingerprint density at radius 3 is 2.81 bits per heavy atom. The lowest BCUT2D eigenvalue weighted by Crippen LogP contribution is -1.96. The van der Waals surface area contributed by atoms with Crippen LogP contribution in [0.2, 0.25) is 0 Å². The summed E-state index contributed by atoms with van der Waals surface area (Å²) in [6, 6.07) is 0. The zero-order chi connectivity index (χ0) is 12.1. The third-order valence-corrected chi connectivity index (χ3v) is 4.29. The van der Waals surface area contributed by atoms with Crippen molar-refractivity contribution >= 4 is 45.0 Å². The molecule has 1 aromatic heterocycles. The van der Waals surface area contributed by atoms with Gasteiger partial charge in [-0.1, -0.05) is 23.1 Å². The Morgan fingerprint density at radius 1 is 1.62 bits per heavy atom. The van der Waals surface area contributed by atoms with Crippen molar-refractivity contribution in [2.24, 2.45) is 0 Å². The van der Waals surface area contributed by atoms with E-state index in [9.17, 15) is 13.6 Å². The number of nitrogens with zero attached hydrogens (tertiary/aromatic N) is 1. The van der Waals surface area contributed by atoms with E-state index in [4.69, 9.17) is 5.11 Å². The maximum absolute atomic E-state index is 11.7. The van der Waals surface area contributed by atoms with Crippen LogP contribution in [0.25, 0.3) is 0 Å². The van der Waals surface area contributed by atoms with Gasteiger partial charge in [-0.2, -0.15) is 8.78 Å². The van der Waals surface area contributed by atoms with Crippen molar-refractivity contribution in [1.82, 2.24) is 4.98 Å². The van der Waals surface area contributed by atoms with E-state index >= 15 is 0 Å². The first-order valence-corrected chi connectivity index (χ1v) is 6.63. The van der Waals surface area contributed by atoms with Crippen LogP contribution in [-0.2, 0) is 0 Å². The molecule has 0 atom stereocenters. The summed E-state index contributed by atoms with van der Waals surface area (Å²) < 4.78 is 24.4. The summed E-state index contributed by atoms with van der Waals surface area (Å²) in [7, 11) is 0. The molecule has 1 rings (SSSR count). The molecule has 1 heterocycles. The summed E-state index contributed by atoms with van der Waals surface area (Å²) in [6.07, 6.45) is -0.646. The minimum Gasteiger partial charge on any atom is -0.476 e. The van der Waals surface area contributed by atoms with Gasteiger partial charge in [-0.3, -0.25) is 0 Å². The zero-order valence-electron chi connectivity index (χ0n) is 7.74. The summed E-state index contributed by atoms with van der Waals surface area (Å²) in [4.78, 5) is 14.5. The number of hydrogen-bond donors (Lipinski definition) is 1. The molecule has 0 aliphatic rings. The van der Waals surface area contributed by atoms with Gasteiger partial charge in [-0.05, 0) is 28.4 Å². The Morgan fingerprint density at radius 2 is 2.31 bits per heavy atom. The number of hydrogen-bond acceptors (Lipinski definition) is 4. The van der Waals surface area contributed by atoms with Crippen LogP contribution in [0.3, 0.4) is 0 Å². The van der Waals surface area contributed by atoms with Crippen LogP contribution >= 0.6 is 39.0 Å². The van der Waals surface area contributed by atoms with Gasteiger partial charge in [0, 0.05) is 5.75 Å². The van der Waals surface area contributed by atoms with Crippen LogP contribution in [0.5, 0.6) is 0 Å². The lowest BCUT2D eigenvalue weighted by molar-refractivity contribution is 0.0690. The molecule has 8 heteroatoms. The van der Waals surface area contributed by atoms with Gasteiger partial charge in [0.25, 0.3) is 6.08 Å². The monoisotopic (exact) mass is 329 g/mol. The number of carboxylic acids is 1. The van der Waals surface area contributed by atoms with E-state index in [1.807, 2.05) is 0 Å². The third-order valence-electron chi connectivity index (χ3n) is 1.41. The van der Waals surface area contributed by atoms with E-state index in [-0.39, 0.29) is 12.1 Å². The normalized spacial score (nSPS) is 10.2. The lowest BCUT2D eigenvalue weighted by atomic mass is 10.5. The largest absolute Gasteiger partial charge is 0.476 e. The summed E-state index contributed by atoms with van der Waals surface area (Å²) in [5, 5.41) is 8.72. The third kappa shape index (κ3) is 4.18. The van der Waals surface area contributed by atoms with Crippen LogP contribution in [0.15, 0.2) is 20.3 Å². The van der Waals surface area contributed by atoms with Crippen molar-refractivity contribution in [2.75, 3.05) is 5.75 Å². The Kier molecular flexibility index (Phi) is 5.36. The molecule has 0 saturated carbocycles. The second-order valence-electron chi connectivity index (χ2n) is 2.54. The van der Waals surface area contributed by atoms with E-state index < -0.39 is 12.0 Å². The van der Waals surface area contributed by atoms with Crippen LogP contribution in [0.4, 0.5) is 8.78 Å². The standard InChI is InChI=1S/C8H6BrF2NO2S2/c9-6-5(7(13)14)12-8(16-6)15-3-1-2-4(10)11/h2H,1,3H2,(H,13,14). The highest BCUT2D eigenvalue weighted by Gasteiger charge is 2.15. The van der Waals surface area contributed by atoms with Crippen molar-refractivity contribution < 1.29 is 18.7 Å². The first-order chi connectivity index (χ1) is 7.50. The van der Waals surface area contributed by atoms with Gasteiger partial charge in [0.05, 0.1) is 0 Å². The molecular weight excluding hydrogens is 324 g/mol. The number of rotatable bonds is 5. The summed E-state index contributed by atoms with van der Waals surface area (Å²) in [5.41, 5.74) is -0.0419. The Balaban J connectivity index is 2.52. The fourth-order valence-electron chi connectivity index (χ4n) is 0.791. The SMILES string of the molecule is O=C(O)c1nc(SCCC=C(F)F)sc1Br. The molecule has 0 fully saturated rings. The maximum atomic E-state index is 11.7. The molecule has 0 unspecified atom stereocenters. The highest BCUT2D eigenvalue weighted by Crippen LogP contribution is 2.31. The predicted octanol–water partition coefficient (Wildman–Crippen LogP) is 3.87. The molecule has 0 amide bonds. The average molecular weight is 330 g/mol. The van der Waals surface area contributed by atoms with Gasteiger partial charge >= 0.3 is 5.97 Å². The maximum Gasteiger partial charge on any atom is 0.356 e. The van der Waals surface area contributed by atoms with E-state index in [1.165, 1.54) is 23.1 Å². The van der Waals surface area contributed by atoms with Crippen LogP contribution in [0.1, 0.15) is 16.9 Å². The van der Waals surface area contributed by atoms with Crippen LogP contribution < -0.4 is 0 Å². The second-order valence-corrected chi connectivity index (χ2v) is 6.20. The number of aromatic carboxylic acids is 1. The molecule has 1 aromatic rings. The fraction of sp³-hybridized carbons (Fsp3) is 0.250. The van der Waals surface area contributed by atoms with Crippen molar-refractivity contribution in [3.8, 4) is 0 Å². The quantitative estimate of drug-likeness (QED) is 0.658. The molecule has 0 bridgehead atoms. The first-order valence-electron chi connectivity index (χ1n) is 4.04. The van der Waals surface area contributed by atoms with Crippen molar-refractivity contribution in [3.05, 3.63) is 21.6 Å². The molecule has 0 aliphatic heterocycles. The van der Waals surface area contributed by atoms with E-state index in [1.54, 1.807) is 0 Å². The smallest absolute Gasteiger partial charge is 0.356 e. The number of aromatic nitrogens is 1. The topological polar surface area (TPSA) is 50.2 Å². The molecular formula is C8H6BrF2NO2S2. The van der Waals surface area contributed by atoms with E-state index in [2.05, 4.69) is 20.9 Å². The minimum absolute atomic E-state index is 0.0419. The van der Waals surface area contributed by atoms with Crippen molar-refractivity contribution in [1.29, 1.82) is 0 Å². The number of halogens is 3. The number of allylic oxidation sites excluding steroid dienone is 1. The number of carboxylic acid groups (broad SMARTS) is 1.